The second kappa shape index (κ2) is 5.45. The average molecular weight is 274 g/mol. The minimum absolute atomic E-state index is 0.114. The number of aromatic hydroxyl groups is 1. The molecule has 0 aliphatic carbocycles. The van der Waals surface area contributed by atoms with Gasteiger partial charge in [-0.3, -0.25) is 4.72 Å². The van der Waals surface area contributed by atoms with Gasteiger partial charge in [0.1, 0.15) is 11.5 Å². The number of rotatable bonds is 5. The summed E-state index contributed by atoms with van der Waals surface area (Å²) in [6.07, 6.45) is 0. The third-order valence-electron chi connectivity index (χ3n) is 2.55. The fraction of sp³-hybridized carbons (Fsp3) is 0.455. The van der Waals surface area contributed by atoms with E-state index in [1.54, 1.807) is 19.9 Å². The lowest BCUT2D eigenvalue weighted by Gasteiger charge is -2.22. The van der Waals surface area contributed by atoms with Crippen molar-refractivity contribution in [3.8, 4) is 11.5 Å². The molecule has 0 spiro atoms. The first kappa shape index (κ1) is 14.6. The molecule has 0 saturated heterocycles. The summed E-state index contributed by atoms with van der Waals surface area (Å²) >= 11 is 0. The van der Waals surface area contributed by atoms with Crippen LogP contribution in [0.4, 0.5) is 5.69 Å². The van der Waals surface area contributed by atoms with Gasteiger partial charge >= 0.3 is 10.2 Å². The van der Waals surface area contributed by atoms with Gasteiger partial charge in [0.05, 0.1) is 12.8 Å². The Morgan fingerprint density at radius 3 is 2.44 bits per heavy atom. The Kier molecular flexibility index (Phi) is 4.42. The van der Waals surface area contributed by atoms with Gasteiger partial charge in [-0.1, -0.05) is 0 Å². The molecule has 0 fully saturated rings. The first-order valence-electron chi connectivity index (χ1n) is 5.40. The number of benzene rings is 1. The van der Waals surface area contributed by atoms with Gasteiger partial charge in [-0.25, -0.2) is 0 Å². The Bertz CT molecular complexity index is 514. The van der Waals surface area contributed by atoms with Crippen LogP contribution in [0.25, 0.3) is 0 Å². The average Bonchev–Trinajstić information content (AvgIpc) is 2.30. The van der Waals surface area contributed by atoms with Gasteiger partial charge in [-0.2, -0.15) is 12.7 Å². The van der Waals surface area contributed by atoms with Crippen LogP contribution in [0.5, 0.6) is 11.5 Å². The number of methoxy groups -OCH3 is 1. The lowest BCUT2D eigenvalue weighted by molar-refractivity contribution is 0.407. The summed E-state index contributed by atoms with van der Waals surface area (Å²) < 4.78 is 32.2. The maximum Gasteiger partial charge on any atom is 0.301 e. The largest absolute Gasteiger partial charge is 0.506 e. The molecular formula is C11H18N2O4S. The van der Waals surface area contributed by atoms with E-state index in [1.165, 1.54) is 30.6 Å². The van der Waals surface area contributed by atoms with Crippen LogP contribution in [0.15, 0.2) is 18.2 Å². The molecule has 0 aromatic heterocycles. The molecule has 0 bridgehead atoms. The second-order valence-electron chi connectivity index (χ2n) is 4.10. The summed E-state index contributed by atoms with van der Waals surface area (Å²) in [7, 11) is -0.743. The molecule has 1 aromatic carbocycles. The van der Waals surface area contributed by atoms with Crippen LogP contribution in [0.2, 0.25) is 0 Å². The number of nitrogens with one attached hydrogen (secondary N) is 1. The molecule has 2 N–H and O–H groups in total. The summed E-state index contributed by atoms with van der Waals surface area (Å²) in [5.41, 5.74) is 0.114. The van der Waals surface area contributed by atoms with Crippen molar-refractivity contribution in [2.24, 2.45) is 0 Å². The zero-order chi connectivity index (χ0) is 13.9. The molecule has 0 amide bonds. The van der Waals surface area contributed by atoms with Crippen molar-refractivity contribution in [2.45, 2.75) is 19.9 Å². The van der Waals surface area contributed by atoms with Crippen molar-refractivity contribution in [1.29, 1.82) is 0 Å². The van der Waals surface area contributed by atoms with Crippen LogP contribution in [-0.2, 0) is 10.2 Å². The first-order valence-corrected chi connectivity index (χ1v) is 6.84. The zero-order valence-corrected chi connectivity index (χ0v) is 11.7. The Balaban J connectivity index is 2.98. The van der Waals surface area contributed by atoms with Gasteiger partial charge in [0.25, 0.3) is 0 Å². The topological polar surface area (TPSA) is 78.9 Å². The van der Waals surface area contributed by atoms with E-state index in [0.717, 1.165) is 0 Å². The van der Waals surface area contributed by atoms with E-state index in [0.29, 0.717) is 5.75 Å². The molecule has 1 aromatic rings. The lowest BCUT2D eigenvalue weighted by Crippen LogP contribution is -2.37. The second-order valence-corrected chi connectivity index (χ2v) is 5.83. The maximum absolute atomic E-state index is 11.9. The Morgan fingerprint density at radius 2 is 2.00 bits per heavy atom. The van der Waals surface area contributed by atoms with E-state index in [-0.39, 0.29) is 17.5 Å². The maximum atomic E-state index is 11.9. The molecule has 0 heterocycles. The van der Waals surface area contributed by atoms with Gasteiger partial charge in [-0.15, -0.1) is 0 Å². The van der Waals surface area contributed by atoms with E-state index in [1.807, 2.05) is 0 Å². The van der Waals surface area contributed by atoms with E-state index >= 15 is 0 Å². The molecule has 0 radical (unpaired) electrons. The number of phenols is 1. The van der Waals surface area contributed by atoms with Crippen LogP contribution >= 0.6 is 0 Å². The third kappa shape index (κ3) is 3.27. The van der Waals surface area contributed by atoms with Crippen molar-refractivity contribution < 1.29 is 18.3 Å². The van der Waals surface area contributed by atoms with E-state index < -0.39 is 10.2 Å². The van der Waals surface area contributed by atoms with E-state index in [4.69, 9.17) is 4.74 Å². The van der Waals surface area contributed by atoms with Crippen molar-refractivity contribution in [2.75, 3.05) is 18.9 Å². The minimum Gasteiger partial charge on any atom is -0.506 e. The van der Waals surface area contributed by atoms with Crippen molar-refractivity contribution in [3.05, 3.63) is 18.2 Å². The molecule has 18 heavy (non-hydrogen) atoms. The molecule has 0 atom stereocenters. The van der Waals surface area contributed by atoms with Gasteiger partial charge in [0.2, 0.25) is 0 Å². The number of ether oxygens (including phenoxy) is 1. The third-order valence-corrected chi connectivity index (χ3v) is 4.21. The predicted octanol–water partition coefficient (Wildman–Crippen LogP) is 1.40. The molecule has 0 saturated carbocycles. The van der Waals surface area contributed by atoms with E-state index in [9.17, 15) is 13.5 Å². The lowest BCUT2D eigenvalue weighted by atomic mass is 10.3. The molecule has 0 aliphatic heterocycles. The SMILES string of the molecule is COc1ccc(NS(=O)(=O)N(C)C(C)C)c(O)c1. The number of nitrogens with zero attached hydrogens (tertiary/aromatic N) is 1. The summed E-state index contributed by atoms with van der Waals surface area (Å²) in [5.74, 6) is 0.266. The number of anilines is 1. The van der Waals surface area contributed by atoms with Crippen LogP contribution in [0.3, 0.4) is 0 Å². The van der Waals surface area contributed by atoms with Crippen molar-refractivity contribution in [3.63, 3.8) is 0 Å². The van der Waals surface area contributed by atoms with Crippen LogP contribution in [0, 0.1) is 0 Å². The highest BCUT2D eigenvalue weighted by molar-refractivity contribution is 7.90. The fourth-order valence-electron chi connectivity index (χ4n) is 1.21. The normalized spacial score (nSPS) is 11.9. The standard InChI is InChI=1S/C11H18N2O4S/c1-8(2)13(3)18(15,16)12-10-6-5-9(17-4)7-11(10)14/h5-8,12,14H,1-4H3. The monoisotopic (exact) mass is 274 g/mol. The number of hydrogen-bond donors (Lipinski definition) is 2. The summed E-state index contributed by atoms with van der Waals surface area (Å²) in [6.45, 7) is 3.51. The smallest absolute Gasteiger partial charge is 0.301 e. The van der Waals surface area contributed by atoms with Crippen LogP contribution < -0.4 is 9.46 Å². The highest BCUT2D eigenvalue weighted by Gasteiger charge is 2.21. The molecule has 0 unspecified atom stereocenters. The fourth-order valence-corrected chi connectivity index (χ4v) is 2.36. The van der Waals surface area contributed by atoms with Crippen LogP contribution in [0.1, 0.15) is 13.8 Å². The van der Waals surface area contributed by atoms with Gasteiger partial charge in [0, 0.05) is 19.2 Å². The van der Waals surface area contributed by atoms with Gasteiger partial charge < -0.3 is 9.84 Å². The Hall–Kier alpha value is -1.47. The Labute approximate surface area is 107 Å². The molecule has 0 aliphatic rings. The molecule has 6 nitrogen and oxygen atoms in total. The minimum atomic E-state index is -3.67. The van der Waals surface area contributed by atoms with Crippen molar-refractivity contribution >= 4 is 15.9 Å². The highest BCUT2D eigenvalue weighted by Crippen LogP contribution is 2.29. The van der Waals surface area contributed by atoms with Crippen molar-refractivity contribution in [1.82, 2.24) is 4.31 Å². The quantitative estimate of drug-likeness (QED) is 0.795. The van der Waals surface area contributed by atoms with Gasteiger partial charge in [-0.05, 0) is 26.0 Å². The molecule has 1 rings (SSSR count). The number of hydrogen-bond acceptors (Lipinski definition) is 4. The molecule has 102 valence electrons. The summed E-state index contributed by atoms with van der Waals surface area (Å²) in [6, 6.07) is 4.17. The summed E-state index contributed by atoms with van der Waals surface area (Å²) in [5, 5.41) is 9.68. The zero-order valence-electron chi connectivity index (χ0n) is 10.8. The molecular weight excluding hydrogens is 256 g/mol. The number of phenolic OH excluding ortho intramolecular Hbond substituents is 1. The highest BCUT2D eigenvalue weighted by atomic mass is 32.2. The Morgan fingerprint density at radius 1 is 1.39 bits per heavy atom. The van der Waals surface area contributed by atoms with E-state index in [2.05, 4.69) is 4.72 Å². The van der Waals surface area contributed by atoms with Crippen LogP contribution in [-0.4, -0.2) is 38.0 Å². The van der Waals surface area contributed by atoms with Gasteiger partial charge in [0.15, 0.2) is 0 Å². The summed E-state index contributed by atoms with van der Waals surface area (Å²) in [4.78, 5) is 0. The molecule has 7 heteroatoms. The predicted molar refractivity (Wildman–Crippen MR) is 70.1 cm³/mol. The first-order chi connectivity index (χ1) is 8.27.